The second kappa shape index (κ2) is 6.82. The van der Waals surface area contributed by atoms with Gasteiger partial charge in [0.15, 0.2) is 0 Å². The first kappa shape index (κ1) is 16.8. The van der Waals surface area contributed by atoms with Crippen molar-refractivity contribution >= 4 is 44.9 Å². The van der Waals surface area contributed by atoms with E-state index in [1.807, 2.05) is 24.3 Å². The van der Waals surface area contributed by atoms with E-state index in [0.717, 1.165) is 10.0 Å². The quantitative estimate of drug-likeness (QED) is 0.560. The van der Waals surface area contributed by atoms with Crippen LogP contribution in [0.2, 0.25) is 10.0 Å². The highest BCUT2D eigenvalue weighted by molar-refractivity contribution is 9.10. The summed E-state index contributed by atoms with van der Waals surface area (Å²) < 4.78 is 0.857. The van der Waals surface area contributed by atoms with E-state index in [-0.39, 0.29) is 5.82 Å². The van der Waals surface area contributed by atoms with Crippen molar-refractivity contribution in [3.63, 3.8) is 0 Å². The number of hydrogen-bond donors (Lipinski definition) is 1. The molecule has 0 amide bonds. The Labute approximate surface area is 157 Å². The summed E-state index contributed by atoms with van der Waals surface area (Å²) in [5, 5.41) is 10.5. The van der Waals surface area contributed by atoms with Gasteiger partial charge in [0, 0.05) is 20.6 Å². The number of anilines is 1. The number of halogens is 3. The molecule has 1 heterocycles. The molecule has 0 fully saturated rings. The van der Waals surface area contributed by atoms with Crippen molar-refractivity contribution in [1.29, 1.82) is 5.26 Å². The maximum atomic E-state index is 9.48. The Hall–Kier alpha value is -2.06. The van der Waals surface area contributed by atoms with E-state index in [4.69, 9.17) is 28.9 Å². The molecule has 2 aromatic carbocycles. The molecular formula is C18H10BrCl2N3. The molecule has 0 atom stereocenters. The van der Waals surface area contributed by atoms with Gasteiger partial charge in [-0.3, -0.25) is 0 Å². The normalized spacial score (nSPS) is 10.4. The fraction of sp³-hybridized carbons (Fsp3) is 0. The Balaban J connectivity index is 2.31. The van der Waals surface area contributed by atoms with Crippen molar-refractivity contribution < 1.29 is 0 Å². The van der Waals surface area contributed by atoms with Gasteiger partial charge in [-0.2, -0.15) is 5.26 Å². The lowest BCUT2D eigenvalue weighted by molar-refractivity contribution is 1.31. The second-order valence-corrected chi connectivity index (χ2v) is 6.73. The molecule has 1 aromatic heterocycles. The second-order valence-electron chi connectivity index (χ2n) is 5.03. The van der Waals surface area contributed by atoms with Gasteiger partial charge in [-0.05, 0) is 35.9 Å². The zero-order valence-corrected chi connectivity index (χ0v) is 15.3. The largest absolute Gasteiger partial charge is 0.383 e. The molecule has 3 aromatic rings. The minimum Gasteiger partial charge on any atom is -0.383 e. The third-order valence-electron chi connectivity index (χ3n) is 3.53. The van der Waals surface area contributed by atoms with Gasteiger partial charge in [0.05, 0.1) is 10.7 Å². The van der Waals surface area contributed by atoms with E-state index in [0.29, 0.717) is 32.4 Å². The zero-order valence-electron chi connectivity index (χ0n) is 12.2. The van der Waals surface area contributed by atoms with E-state index >= 15 is 0 Å². The molecule has 6 heteroatoms. The minimum absolute atomic E-state index is 0.150. The molecule has 0 aliphatic carbocycles. The highest BCUT2D eigenvalue weighted by Gasteiger charge is 2.16. The average molecular weight is 419 g/mol. The molecule has 2 N–H and O–H groups in total. The minimum atomic E-state index is 0.150. The van der Waals surface area contributed by atoms with Crippen LogP contribution in [0.4, 0.5) is 5.82 Å². The van der Waals surface area contributed by atoms with E-state index in [1.165, 1.54) is 0 Å². The number of benzene rings is 2. The molecule has 24 heavy (non-hydrogen) atoms. The summed E-state index contributed by atoms with van der Waals surface area (Å²) in [6, 6.07) is 16.7. The number of hydrogen-bond acceptors (Lipinski definition) is 3. The molecule has 0 radical (unpaired) electrons. The van der Waals surface area contributed by atoms with Crippen molar-refractivity contribution in [2.24, 2.45) is 0 Å². The van der Waals surface area contributed by atoms with E-state index in [9.17, 15) is 5.26 Å². The van der Waals surface area contributed by atoms with Gasteiger partial charge in [0.2, 0.25) is 0 Å². The van der Waals surface area contributed by atoms with Crippen molar-refractivity contribution in [3.8, 4) is 28.5 Å². The first-order chi connectivity index (χ1) is 11.5. The van der Waals surface area contributed by atoms with Crippen LogP contribution >= 0.6 is 39.1 Å². The van der Waals surface area contributed by atoms with Crippen molar-refractivity contribution in [3.05, 3.63) is 68.6 Å². The lowest BCUT2D eigenvalue weighted by atomic mass is 9.98. The average Bonchev–Trinajstić information content (AvgIpc) is 2.57. The van der Waals surface area contributed by atoms with Crippen LogP contribution in [0.3, 0.4) is 0 Å². The molecule has 0 aliphatic heterocycles. The molecule has 0 bridgehead atoms. The molecule has 3 rings (SSSR count). The van der Waals surface area contributed by atoms with Crippen LogP contribution in [0.15, 0.2) is 53.0 Å². The maximum absolute atomic E-state index is 9.48. The summed E-state index contributed by atoms with van der Waals surface area (Å²) in [4.78, 5) is 4.33. The summed E-state index contributed by atoms with van der Waals surface area (Å²) in [5.41, 5.74) is 9.10. The molecule has 0 unspecified atom stereocenters. The third kappa shape index (κ3) is 3.11. The van der Waals surface area contributed by atoms with E-state index in [2.05, 4.69) is 27.0 Å². The Morgan fingerprint density at radius 1 is 1.00 bits per heavy atom. The fourth-order valence-corrected chi connectivity index (χ4v) is 3.29. The highest BCUT2D eigenvalue weighted by Crippen LogP contribution is 2.37. The summed E-state index contributed by atoms with van der Waals surface area (Å²) in [6.07, 6.45) is 0. The van der Waals surface area contributed by atoms with Gasteiger partial charge in [-0.1, -0.05) is 57.3 Å². The van der Waals surface area contributed by atoms with Crippen molar-refractivity contribution in [1.82, 2.24) is 4.98 Å². The van der Waals surface area contributed by atoms with Gasteiger partial charge in [-0.15, -0.1) is 0 Å². The third-order valence-corrected chi connectivity index (χ3v) is 4.78. The van der Waals surface area contributed by atoms with Crippen LogP contribution in [0.25, 0.3) is 22.4 Å². The van der Waals surface area contributed by atoms with E-state index in [1.54, 1.807) is 24.3 Å². The van der Waals surface area contributed by atoms with Gasteiger partial charge in [-0.25, -0.2) is 4.98 Å². The zero-order chi connectivity index (χ0) is 17.3. The maximum Gasteiger partial charge on any atom is 0.142 e. The summed E-state index contributed by atoms with van der Waals surface area (Å²) in [5.74, 6) is 0.150. The molecule has 118 valence electrons. The van der Waals surface area contributed by atoms with Crippen LogP contribution < -0.4 is 5.73 Å². The summed E-state index contributed by atoms with van der Waals surface area (Å²) in [6.45, 7) is 0. The number of nitrogens with zero attached hydrogens (tertiary/aromatic N) is 2. The Morgan fingerprint density at radius 2 is 1.75 bits per heavy atom. The van der Waals surface area contributed by atoms with Crippen LogP contribution in [0.5, 0.6) is 0 Å². The lowest BCUT2D eigenvalue weighted by Gasteiger charge is -2.12. The van der Waals surface area contributed by atoms with Gasteiger partial charge in [0.25, 0.3) is 0 Å². The van der Waals surface area contributed by atoms with Crippen molar-refractivity contribution in [2.75, 3.05) is 5.73 Å². The first-order valence-electron chi connectivity index (χ1n) is 6.92. The Bertz CT molecular complexity index is 980. The lowest BCUT2D eigenvalue weighted by Crippen LogP contribution is -2.00. The number of nitriles is 1. The van der Waals surface area contributed by atoms with Gasteiger partial charge in [0.1, 0.15) is 17.5 Å². The highest BCUT2D eigenvalue weighted by atomic mass is 79.9. The number of nitrogens with two attached hydrogens (primary N) is 1. The summed E-state index contributed by atoms with van der Waals surface area (Å²) in [7, 11) is 0. The van der Waals surface area contributed by atoms with E-state index < -0.39 is 0 Å². The van der Waals surface area contributed by atoms with Crippen LogP contribution in [-0.2, 0) is 0 Å². The first-order valence-corrected chi connectivity index (χ1v) is 8.47. The number of nitrogen functional groups attached to an aromatic ring is 1. The van der Waals surface area contributed by atoms with Crippen LogP contribution in [-0.4, -0.2) is 4.98 Å². The van der Waals surface area contributed by atoms with Crippen LogP contribution in [0, 0.1) is 11.3 Å². The summed E-state index contributed by atoms with van der Waals surface area (Å²) >= 11 is 15.9. The fourth-order valence-electron chi connectivity index (χ4n) is 2.41. The Morgan fingerprint density at radius 3 is 2.46 bits per heavy atom. The van der Waals surface area contributed by atoms with Crippen LogP contribution in [0.1, 0.15) is 5.56 Å². The SMILES string of the molecule is N#Cc1c(-c2ccccc2Br)cc(-c2cc(Cl)ccc2Cl)nc1N. The van der Waals surface area contributed by atoms with Gasteiger partial charge < -0.3 is 5.73 Å². The predicted octanol–water partition coefficient (Wildman–Crippen LogP) is 5.94. The topological polar surface area (TPSA) is 62.7 Å². The van der Waals surface area contributed by atoms with Crippen molar-refractivity contribution in [2.45, 2.75) is 0 Å². The molecule has 3 nitrogen and oxygen atoms in total. The number of aromatic nitrogens is 1. The molecule has 0 saturated heterocycles. The predicted molar refractivity (Wildman–Crippen MR) is 102 cm³/mol. The molecule has 0 aliphatic rings. The molecular weight excluding hydrogens is 409 g/mol. The number of rotatable bonds is 2. The van der Waals surface area contributed by atoms with Gasteiger partial charge >= 0.3 is 0 Å². The smallest absolute Gasteiger partial charge is 0.142 e. The Kier molecular flexibility index (Phi) is 4.77. The monoisotopic (exact) mass is 417 g/mol. The number of pyridine rings is 1. The standard InChI is InChI=1S/C18H10BrCl2N3/c19-15-4-2-1-3-11(15)12-8-17(24-18(23)14(12)9-22)13-7-10(20)5-6-16(13)21/h1-8H,(H2,23,24). The molecule has 0 spiro atoms. The molecule has 0 saturated carbocycles.